The maximum atomic E-state index is 12.6. The SMILES string of the molecule is CC(=O)NC(CC(=O)N[C@H]1CCCCC[C@H]1C(=O)O)c1ccc(C)cc1. The van der Waals surface area contributed by atoms with Crippen molar-refractivity contribution in [3.05, 3.63) is 35.4 Å². The smallest absolute Gasteiger partial charge is 0.308 e. The molecule has 1 saturated carbocycles. The summed E-state index contributed by atoms with van der Waals surface area (Å²) in [6.45, 7) is 3.40. The van der Waals surface area contributed by atoms with Gasteiger partial charge in [0.25, 0.3) is 0 Å². The molecule has 1 aliphatic carbocycles. The van der Waals surface area contributed by atoms with E-state index >= 15 is 0 Å². The third kappa shape index (κ3) is 5.86. The predicted molar refractivity (Wildman–Crippen MR) is 98.5 cm³/mol. The minimum atomic E-state index is -0.853. The van der Waals surface area contributed by atoms with Crippen LogP contribution < -0.4 is 10.6 Å². The fraction of sp³-hybridized carbons (Fsp3) is 0.550. The molecule has 0 aliphatic heterocycles. The van der Waals surface area contributed by atoms with E-state index in [0.717, 1.165) is 30.4 Å². The van der Waals surface area contributed by atoms with Gasteiger partial charge in [0.2, 0.25) is 11.8 Å². The van der Waals surface area contributed by atoms with E-state index < -0.39 is 17.9 Å². The highest BCUT2D eigenvalue weighted by atomic mass is 16.4. The number of carboxylic acid groups (broad SMARTS) is 1. The van der Waals surface area contributed by atoms with Gasteiger partial charge in [0.05, 0.1) is 18.4 Å². The van der Waals surface area contributed by atoms with E-state index in [1.165, 1.54) is 6.92 Å². The molecule has 2 rings (SSSR count). The highest BCUT2D eigenvalue weighted by molar-refractivity contribution is 5.80. The fourth-order valence-electron chi connectivity index (χ4n) is 3.52. The summed E-state index contributed by atoms with van der Waals surface area (Å²) in [4.78, 5) is 35.6. The number of aliphatic carboxylic acids is 1. The van der Waals surface area contributed by atoms with Gasteiger partial charge in [-0.05, 0) is 25.3 Å². The number of amides is 2. The molecule has 3 atom stereocenters. The minimum Gasteiger partial charge on any atom is -0.481 e. The summed E-state index contributed by atoms with van der Waals surface area (Å²) in [5, 5.41) is 15.2. The Bertz CT molecular complexity index is 642. The Morgan fingerprint density at radius 3 is 2.38 bits per heavy atom. The van der Waals surface area contributed by atoms with E-state index in [1.54, 1.807) is 0 Å². The van der Waals surface area contributed by atoms with Crippen LogP contribution in [0.15, 0.2) is 24.3 Å². The van der Waals surface area contributed by atoms with Crippen molar-refractivity contribution < 1.29 is 19.5 Å². The largest absolute Gasteiger partial charge is 0.481 e. The number of aryl methyl sites for hydroxylation is 1. The molecule has 0 aromatic heterocycles. The van der Waals surface area contributed by atoms with Crippen molar-refractivity contribution >= 4 is 17.8 Å². The molecule has 6 heteroatoms. The van der Waals surface area contributed by atoms with Crippen molar-refractivity contribution in [2.45, 2.75) is 64.5 Å². The zero-order chi connectivity index (χ0) is 19.1. The first-order chi connectivity index (χ1) is 12.4. The number of carbonyl (C=O) groups excluding carboxylic acids is 2. The second-order valence-electron chi connectivity index (χ2n) is 7.12. The second-order valence-corrected chi connectivity index (χ2v) is 7.12. The molecule has 0 saturated heterocycles. The highest BCUT2D eigenvalue weighted by Crippen LogP contribution is 2.25. The molecule has 1 unspecified atom stereocenters. The Kier molecular flexibility index (Phi) is 7.18. The molecule has 1 aliphatic rings. The Morgan fingerprint density at radius 2 is 1.77 bits per heavy atom. The lowest BCUT2D eigenvalue weighted by Crippen LogP contribution is -2.44. The molecular weight excluding hydrogens is 332 g/mol. The molecule has 6 nitrogen and oxygen atoms in total. The van der Waals surface area contributed by atoms with Gasteiger partial charge in [0.15, 0.2) is 0 Å². The third-order valence-electron chi connectivity index (χ3n) is 4.93. The zero-order valence-corrected chi connectivity index (χ0v) is 15.5. The zero-order valence-electron chi connectivity index (χ0n) is 15.5. The number of hydrogen-bond acceptors (Lipinski definition) is 3. The number of nitrogens with one attached hydrogen (secondary N) is 2. The van der Waals surface area contributed by atoms with E-state index in [4.69, 9.17) is 0 Å². The molecule has 0 spiro atoms. The predicted octanol–water partition coefficient (Wildman–Crippen LogP) is 2.71. The lowest BCUT2D eigenvalue weighted by Gasteiger charge is -2.25. The van der Waals surface area contributed by atoms with Crippen LogP contribution in [0.5, 0.6) is 0 Å². The number of rotatable bonds is 6. The Labute approximate surface area is 154 Å². The standard InChI is InChI=1S/C20H28N2O4/c1-13-8-10-15(11-9-13)18(21-14(2)23)12-19(24)22-17-7-5-3-4-6-16(17)20(25)26/h8-11,16-18H,3-7,12H2,1-2H3,(H,21,23)(H,22,24)(H,25,26)/t16-,17+,18?/m1/s1. The van der Waals surface area contributed by atoms with E-state index in [2.05, 4.69) is 10.6 Å². The maximum absolute atomic E-state index is 12.6. The maximum Gasteiger partial charge on any atom is 0.308 e. The lowest BCUT2D eigenvalue weighted by atomic mass is 9.94. The molecule has 26 heavy (non-hydrogen) atoms. The monoisotopic (exact) mass is 360 g/mol. The molecule has 2 amide bonds. The first-order valence-corrected chi connectivity index (χ1v) is 9.22. The van der Waals surface area contributed by atoms with Crippen molar-refractivity contribution in [1.82, 2.24) is 10.6 Å². The van der Waals surface area contributed by atoms with Crippen LogP contribution >= 0.6 is 0 Å². The summed E-state index contributed by atoms with van der Waals surface area (Å²) in [5.41, 5.74) is 1.96. The van der Waals surface area contributed by atoms with Gasteiger partial charge in [-0.15, -0.1) is 0 Å². The Balaban J connectivity index is 2.06. The van der Waals surface area contributed by atoms with Gasteiger partial charge in [-0.2, -0.15) is 0 Å². The summed E-state index contributed by atoms with van der Waals surface area (Å²) >= 11 is 0. The van der Waals surface area contributed by atoms with Crippen molar-refractivity contribution in [3.63, 3.8) is 0 Å². The van der Waals surface area contributed by atoms with Crippen LogP contribution in [0.25, 0.3) is 0 Å². The van der Waals surface area contributed by atoms with Crippen molar-refractivity contribution in [1.29, 1.82) is 0 Å². The van der Waals surface area contributed by atoms with E-state index in [0.29, 0.717) is 12.8 Å². The van der Waals surface area contributed by atoms with Crippen LogP contribution in [-0.4, -0.2) is 28.9 Å². The topological polar surface area (TPSA) is 95.5 Å². The van der Waals surface area contributed by atoms with E-state index in [9.17, 15) is 19.5 Å². The van der Waals surface area contributed by atoms with E-state index in [1.807, 2.05) is 31.2 Å². The molecule has 1 aromatic carbocycles. The van der Waals surface area contributed by atoms with Gasteiger partial charge < -0.3 is 15.7 Å². The summed E-state index contributed by atoms with van der Waals surface area (Å²) in [6.07, 6.45) is 4.15. The first-order valence-electron chi connectivity index (χ1n) is 9.22. The quantitative estimate of drug-likeness (QED) is 0.680. The van der Waals surface area contributed by atoms with Crippen LogP contribution in [0, 0.1) is 12.8 Å². The molecule has 1 fully saturated rings. The first kappa shape index (κ1) is 19.9. The fourth-order valence-corrected chi connectivity index (χ4v) is 3.52. The lowest BCUT2D eigenvalue weighted by molar-refractivity contribution is -0.143. The van der Waals surface area contributed by atoms with Crippen LogP contribution in [0.2, 0.25) is 0 Å². The third-order valence-corrected chi connectivity index (χ3v) is 4.93. The summed E-state index contributed by atoms with van der Waals surface area (Å²) in [6, 6.07) is 6.89. The van der Waals surface area contributed by atoms with Gasteiger partial charge in [-0.3, -0.25) is 14.4 Å². The van der Waals surface area contributed by atoms with Crippen molar-refractivity contribution in [2.24, 2.45) is 5.92 Å². The summed E-state index contributed by atoms with van der Waals surface area (Å²) in [7, 11) is 0. The number of carboxylic acids is 1. The summed E-state index contributed by atoms with van der Waals surface area (Å²) in [5.74, 6) is -1.84. The average molecular weight is 360 g/mol. The molecular formula is C20H28N2O4. The van der Waals surface area contributed by atoms with Gasteiger partial charge in [-0.25, -0.2) is 0 Å². The van der Waals surface area contributed by atoms with Crippen LogP contribution in [0.3, 0.4) is 0 Å². The summed E-state index contributed by atoms with van der Waals surface area (Å²) < 4.78 is 0. The molecule has 142 valence electrons. The molecule has 3 N–H and O–H groups in total. The minimum absolute atomic E-state index is 0.0888. The van der Waals surface area contributed by atoms with Gasteiger partial charge >= 0.3 is 5.97 Å². The number of benzene rings is 1. The van der Waals surface area contributed by atoms with E-state index in [-0.39, 0.29) is 24.3 Å². The van der Waals surface area contributed by atoms with Gasteiger partial charge in [0.1, 0.15) is 0 Å². The molecule has 0 heterocycles. The highest BCUT2D eigenvalue weighted by Gasteiger charge is 2.31. The number of carbonyl (C=O) groups is 3. The number of hydrogen-bond donors (Lipinski definition) is 3. The van der Waals surface area contributed by atoms with Gasteiger partial charge in [0, 0.05) is 13.0 Å². The average Bonchev–Trinajstić information content (AvgIpc) is 2.80. The van der Waals surface area contributed by atoms with Gasteiger partial charge in [-0.1, -0.05) is 49.1 Å². The molecule has 0 radical (unpaired) electrons. The van der Waals surface area contributed by atoms with Crippen LogP contribution in [-0.2, 0) is 14.4 Å². The van der Waals surface area contributed by atoms with Crippen molar-refractivity contribution in [2.75, 3.05) is 0 Å². The van der Waals surface area contributed by atoms with Crippen LogP contribution in [0.1, 0.15) is 62.6 Å². The normalized spacial score (nSPS) is 21.3. The second kappa shape index (κ2) is 9.36. The Morgan fingerprint density at radius 1 is 1.12 bits per heavy atom. The van der Waals surface area contributed by atoms with Crippen molar-refractivity contribution in [3.8, 4) is 0 Å². The molecule has 1 aromatic rings. The van der Waals surface area contributed by atoms with Crippen LogP contribution in [0.4, 0.5) is 0 Å². The Hall–Kier alpha value is -2.37. The molecule has 0 bridgehead atoms.